The van der Waals surface area contributed by atoms with Gasteiger partial charge in [-0.3, -0.25) is 0 Å². The minimum atomic E-state index is -0.167. The predicted molar refractivity (Wildman–Crippen MR) is 390 cm³/mol. The molecule has 0 radical (unpaired) electrons. The molecule has 12 nitrogen and oxygen atoms in total. The zero-order valence-corrected chi connectivity index (χ0v) is 75.8. The van der Waals surface area contributed by atoms with Gasteiger partial charge in [0.2, 0.25) is 0 Å². The van der Waals surface area contributed by atoms with Crippen molar-refractivity contribution in [2.75, 3.05) is 53.9 Å². The average Bonchev–Trinajstić information content (AvgIpc) is 3.45. The van der Waals surface area contributed by atoms with E-state index in [0.717, 1.165) is 117 Å². The van der Waals surface area contributed by atoms with Gasteiger partial charge in [0.1, 0.15) is 11.5 Å². The molecule has 0 aliphatic heterocycles. The second-order valence-corrected chi connectivity index (χ2v) is 14.1. The van der Waals surface area contributed by atoms with Gasteiger partial charge in [-0.25, -0.2) is 0 Å². The molecule has 2 rings (SSSR count). The maximum absolute atomic E-state index is 8.63. The van der Waals surface area contributed by atoms with E-state index in [1.54, 1.807) is 104 Å². The van der Waals surface area contributed by atoms with Crippen molar-refractivity contribution in [3.05, 3.63) is 144 Å². The topological polar surface area (TPSA) is 243 Å². The first-order chi connectivity index (χ1) is 39.9. The molecular formula is C72H164O12Ti7. The molecule has 0 aliphatic rings. The van der Waals surface area contributed by atoms with Gasteiger partial charge in [0.05, 0.1) is 0 Å². The van der Waals surface area contributed by atoms with Gasteiger partial charge in [-0.15, -0.1) is 0 Å². The zero-order chi connectivity index (χ0) is 72.9. The van der Waals surface area contributed by atoms with E-state index >= 15 is 0 Å². The van der Waals surface area contributed by atoms with Crippen LogP contribution in [0.2, 0.25) is 0 Å². The molecule has 12 N–H and O–H groups in total. The summed E-state index contributed by atoms with van der Waals surface area (Å²) in [5.41, 5.74) is 0. The first-order valence-electron chi connectivity index (χ1n) is 30.6. The number of unbranched alkanes of at least 4 members (excludes halogenated alkanes) is 2. The monoisotopic (exact) mass is 1560 g/mol. The Morgan fingerprint density at radius 3 is 0.396 bits per heavy atom. The summed E-state index contributed by atoms with van der Waals surface area (Å²) >= 11 is 0. The van der Waals surface area contributed by atoms with E-state index in [-0.39, 0.29) is 177 Å². The van der Waals surface area contributed by atoms with Gasteiger partial charge < -0.3 is 144 Å². The standard InChI is InChI=1S/2C6H6O.2C4H10O.4C3H8O.10C3H7.2C2H6O.2C2H5.2CH4O.7Ti/c2*7-6-4-2-1-3-5-6;2*1-2-3-4-5;2*1-3(2)4;2*1-2-3-4;10*1-3-2;2*1-2-3;4*1-2;;;;;;;/h2*1-5,7H;2*5H,2-4H2,1H3;2*3-4H,1-2H3;2*4H,2-3H2,1H3;10*1,3H2,2H3;2*3H,2H2,1H3;2*1H2,2H3;2*2H,1H3;;;;;;;/q;;;;;;;;10*-1;;;2*-1;;;;6*+2. The molecule has 0 spiro atoms. The van der Waals surface area contributed by atoms with Gasteiger partial charge in [0.25, 0.3) is 0 Å². The fourth-order valence-corrected chi connectivity index (χ4v) is 1.17. The Bertz CT molecular complexity index is 704. The number of benzene rings is 2. The smallest absolute Gasteiger partial charge is 0.508 e. The molecule has 0 saturated heterocycles. The maximum Gasteiger partial charge on any atom is 2.00 e. The Morgan fingerprint density at radius 2 is 0.374 bits per heavy atom. The van der Waals surface area contributed by atoms with E-state index < -0.39 is 0 Å². The number of phenolic OH excluding ortho intramolecular Hbond substituents is 2. The number of hydrogen-bond acceptors (Lipinski definition) is 12. The minimum Gasteiger partial charge on any atom is -0.508 e. The van der Waals surface area contributed by atoms with Crippen molar-refractivity contribution in [3.8, 4) is 11.5 Å². The summed E-state index contributed by atoms with van der Waals surface area (Å²) in [6.45, 7) is 85.0. The summed E-state index contributed by atoms with van der Waals surface area (Å²) in [5, 5.41) is 94.4. The van der Waals surface area contributed by atoms with Crippen LogP contribution >= 0.6 is 0 Å². The van der Waals surface area contributed by atoms with Crippen molar-refractivity contribution < 1.29 is 213 Å². The van der Waals surface area contributed by atoms with Crippen molar-refractivity contribution in [1.82, 2.24) is 0 Å². The van der Waals surface area contributed by atoms with Crippen molar-refractivity contribution in [2.24, 2.45) is 0 Å². The molecule has 0 fully saturated rings. The van der Waals surface area contributed by atoms with Gasteiger partial charge >= 0.3 is 130 Å². The molecule has 2 aromatic carbocycles. The second kappa shape index (κ2) is 358. The van der Waals surface area contributed by atoms with Crippen molar-refractivity contribution in [2.45, 2.75) is 267 Å². The summed E-state index contributed by atoms with van der Waals surface area (Å²) in [4.78, 5) is 0. The Balaban J connectivity index is -0.0000000164. The third-order valence-electron chi connectivity index (χ3n) is 2.98. The second-order valence-electron chi connectivity index (χ2n) is 14.1. The van der Waals surface area contributed by atoms with Gasteiger partial charge in [0.15, 0.2) is 0 Å². The Morgan fingerprint density at radius 1 is 0.286 bits per heavy atom. The third-order valence-corrected chi connectivity index (χ3v) is 2.98. The molecule has 19 heteroatoms. The van der Waals surface area contributed by atoms with Crippen LogP contribution in [0, 0.1) is 83.1 Å². The van der Waals surface area contributed by atoms with E-state index in [0.29, 0.717) is 37.9 Å². The van der Waals surface area contributed by atoms with Crippen molar-refractivity contribution in [1.29, 1.82) is 0 Å². The molecule has 0 bridgehead atoms. The fraction of sp³-hybridized carbons (Fsp3) is 0.667. The van der Waals surface area contributed by atoms with Crippen molar-refractivity contribution >= 4 is 0 Å². The van der Waals surface area contributed by atoms with Crippen LogP contribution in [-0.4, -0.2) is 127 Å². The first-order valence-corrected chi connectivity index (χ1v) is 30.6. The maximum atomic E-state index is 8.63. The van der Waals surface area contributed by atoms with Crippen LogP contribution in [0.3, 0.4) is 0 Å². The minimum absolute atomic E-state index is 0. The van der Waals surface area contributed by atoms with E-state index in [2.05, 4.69) is 96.9 Å². The fourth-order valence-electron chi connectivity index (χ4n) is 1.17. The first kappa shape index (κ1) is 192. The molecule has 0 aliphatic carbocycles. The molecule has 0 aromatic heterocycles. The molecule has 0 amide bonds. The Hall–Kier alpha value is 2.64. The van der Waals surface area contributed by atoms with E-state index in [4.69, 9.17) is 61.3 Å². The molecule has 2 aromatic rings. The van der Waals surface area contributed by atoms with Gasteiger partial charge in [0, 0.05) is 87.8 Å². The van der Waals surface area contributed by atoms with Crippen LogP contribution in [-0.2, 0) is 152 Å². The number of rotatable bonds is 6. The summed E-state index contributed by atoms with van der Waals surface area (Å²) in [7, 11) is 2.00. The molecular weight excluding hydrogens is 1390 g/mol. The number of aromatic hydroxyl groups is 2. The molecule has 0 saturated carbocycles. The molecule has 91 heavy (non-hydrogen) atoms. The SMILES string of the molecule is CC(C)O.CC(C)O.CCCCO.CCCCO.CCCO.CCCO.CCO.CCO.CO.CO.Oc1ccccc1.Oc1ccccc1.[CH2-]C.[CH2-]C.[CH2-]CC.[CH2-]CC.[CH2-]CC.[CH2-]CC.[CH2-]CC.[CH2-]CC.[CH2-]CC.[CH2-]CC.[CH2-]CC.[CH2-]CC.[Ti+2].[Ti+2].[Ti+2].[Ti+2].[Ti+2].[Ti+2].[Ti]. The molecule has 0 unspecified atom stereocenters. The quantitative estimate of drug-likeness (QED) is 0.0955. The molecule has 552 valence electrons. The van der Waals surface area contributed by atoms with Gasteiger partial charge in [-0.05, 0) is 91.5 Å². The normalized spacial score (nSPS) is 6.33. The number of aliphatic hydroxyl groups is 10. The van der Waals surface area contributed by atoms with Crippen LogP contribution in [0.1, 0.15) is 255 Å². The number of aliphatic hydroxyl groups excluding tert-OH is 10. The van der Waals surface area contributed by atoms with Crippen LogP contribution < -0.4 is 0 Å². The van der Waals surface area contributed by atoms with Crippen LogP contribution in [0.15, 0.2) is 60.7 Å². The van der Waals surface area contributed by atoms with Crippen molar-refractivity contribution in [3.63, 3.8) is 0 Å². The molecule has 0 heterocycles. The summed E-state index contributed by atoms with van der Waals surface area (Å²) in [6.07, 6.45) is 15.5. The van der Waals surface area contributed by atoms with E-state index in [1.165, 1.54) is 0 Å². The zero-order valence-electron chi connectivity index (χ0n) is 64.8. The van der Waals surface area contributed by atoms with Crippen LogP contribution in [0.25, 0.3) is 0 Å². The van der Waals surface area contributed by atoms with E-state index in [9.17, 15) is 0 Å². The molecule has 0 atom stereocenters. The number of hydrogen-bond donors (Lipinski definition) is 12. The van der Waals surface area contributed by atoms with E-state index in [1.807, 2.05) is 95.2 Å². The van der Waals surface area contributed by atoms with Gasteiger partial charge in [-0.1, -0.05) is 146 Å². The summed E-state index contributed by atoms with van der Waals surface area (Å²) < 4.78 is 0. The van der Waals surface area contributed by atoms with Crippen LogP contribution in [0.4, 0.5) is 0 Å². The van der Waals surface area contributed by atoms with Gasteiger partial charge in [-0.2, -0.15) is 78.1 Å². The number of para-hydroxylation sites is 2. The predicted octanol–water partition coefficient (Wildman–Crippen LogP) is 19.1. The Labute approximate surface area is 682 Å². The summed E-state index contributed by atoms with van der Waals surface area (Å²) in [6, 6.07) is 17.4. The third kappa shape index (κ3) is 1250. The van der Waals surface area contributed by atoms with Crippen LogP contribution in [0.5, 0.6) is 11.5 Å². The Kier molecular flexibility index (Phi) is 756. The number of phenols is 2. The average molecular weight is 1560 g/mol. The summed E-state index contributed by atoms with van der Waals surface area (Å²) in [5.74, 6) is 0.644. The largest absolute Gasteiger partial charge is 2.00 e.